The molecule has 2 aliphatic rings. The number of hydrogen-bond acceptors (Lipinski definition) is 2. The average molecular weight is 331 g/mol. The van der Waals surface area contributed by atoms with Crippen LogP contribution in [-0.4, -0.2) is 49.1 Å². The van der Waals surface area contributed by atoms with Gasteiger partial charge in [-0.15, -0.1) is 0 Å². The van der Waals surface area contributed by atoms with Crippen LogP contribution in [0, 0.1) is 5.92 Å². The minimum Gasteiger partial charge on any atom is -0.375 e. The van der Waals surface area contributed by atoms with Crippen molar-refractivity contribution in [2.75, 3.05) is 27.2 Å². The third-order valence-electron chi connectivity index (χ3n) is 6.08. The molecule has 2 fully saturated rings. The van der Waals surface area contributed by atoms with E-state index in [-0.39, 0.29) is 11.8 Å². The molecule has 1 saturated carbocycles. The highest BCUT2D eigenvalue weighted by Gasteiger charge is 2.48. The van der Waals surface area contributed by atoms with E-state index < -0.39 is 5.60 Å². The molecule has 0 aromatic heterocycles. The molecule has 0 bridgehead atoms. The SMILES string of the molecule is C[NH+](C)C1CCN(C(=O)C(O)(c2ccccc2)C2CCCC2)CC1. The lowest BCUT2D eigenvalue weighted by atomic mass is 9.78. The first kappa shape index (κ1) is 17.4. The molecule has 1 amide bonds. The van der Waals surface area contributed by atoms with Crippen molar-refractivity contribution in [3.8, 4) is 0 Å². The predicted octanol–water partition coefficient (Wildman–Crippen LogP) is 1.20. The van der Waals surface area contributed by atoms with Crippen molar-refractivity contribution < 1.29 is 14.8 Å². The largest absolute Gasteiger partial charge is 0.375 e. The van der Waals surface area contributed by atoms with Crippen LogP contribution >= 0.6 is 0 Å². The summed E-state index contributed by atoms with van der Waals surface area (Å²) in [5, 5.41) is 11.6. The van der Waals surface area contributed by atoms with Gasteiger partial charge in [0.25, 0.3) is 5.91 Å². The van der Waals surface area contributed by atoms with Gasteiger partial charge in [0, 0.05) is 31.8 Å². The van der Waals surface area contributed by atoms with E-state index in [0.717, 1.165) is 57.2 Å². The fraction of sp³-hybridized carbons (Fsp3) is 0.650. The van der Waals surface area contributed by atoms with Gasteiger partial charge in [-0.25, -0.2) is 0 Å². The summed E-state index contributed by atoms with van der Waals surface area (Å²) in [6, 6.07) is 10.2. The van der Waals surface area contributed by atoms with E-state index in [4.69, 9.17) is 0 Å². The molecule has 24 heavy (non-hydrogen) atoms. The minimum absolute atomic E-state index is 0.0459. The second-order valence-electron chi connectivity index (χ2n) is 7.76. The monoisotopic (exact) mass is 331 g/mol. The standard InChI is InChI=1S/C20H30N2O2/c1-21(2)18-12-14-22(15-13-18)19(23)20(24,17-10-6-7-11-17)16-8-4-3-5-9-16/h3-5,8-9,17-18,24H,6-7,10-15H2,1-2H3/p+1. The summed E-state index contributed by atoms with van der Waals surface area (Å²) in [7, 11) is 4.36. The molecule has 1 heterocycles. The Hall–Kier alpha value is -1.39. The smallest absolute Gasteiger partial charge is 0.259 e. The van der Waals surface area contributed by atoms with Gasteiger partial charge in [0.15, 0.2) is 5.60 Å². The van der Waals surface area contributed by atoms with E-state index in [9.17, 15) is 9.90 Å². The molecule has 1 aliphatic heterocycles. The maximum Gasteiger partial charge on any atom is 0.259 e. The van der Waals surface area contributed by atoms with E-state index >= 15 is 0 Å². The van der Waals surface area contributed by atoms with Crippen LogP contribution in [0.15, 0.2) is 30.3 Å². The number of rotatable bonds is 4. The summed E-state index contributed by atoms with van der Waals surface area (Å²) in [5.41, 5.74) is -0.586. The molecule has 4 nitrogen and oxygen atoms in total. The molecular formula is C20H31N2O2+. The number of carbonyl (C=O) groups is 1. The number of aliphatic hydroxyl groups is 1. The van der Waals surface area contributed by atoms with E-state index in [0.29, 0.717) is 6.04 Å². The predicted molar refractivity (Wildman–Crippen MR) is 94.7 cm³/mol. The van der Waals surface area contributed by atoms with Crippen molar-refractivity contribution in [3.63, 3.8) is 0 Å². The summed E-state index contributed by atoms with van der Waals surface area (Å²) in [4.78, 5) is 16.7. The maximum atomic E-state index is 13.4. The fourth-order valence-electron chi connectivity index (χ4n) is 4.47. The lowest BCUT2D eigenvalue weighted by molar-refractivity contribution is -0.887. The molecule has 1 unspecified atom stereocenters. The number of quaternary nitrogens is 1. The van der Waals surface area contributed by atoms with Gasteiger partial charge in [0.05, 0.1) is 20.1 Å². The van der Waals surface area contributed by atoms with Crippen LogP contribution in [-0.2, 0) is 10.4 Å². The van der Waals surface area contributed by atoms with Crippen LogP contribution in [0.1, 0.15) is 44.1 Å². The van der Waals surface area contributed by atoms with E-state index in [1.54, 1.807) is 0 Å². The first-order chi connectivity index (χ1) is 11.5. The van der Waals surface area contributed by atoms with Crippen molar-refractivity contribution >= 4 is 5.91 Å². The van der Waals surface area contributed by atoms with Gasteiger partial charge in [-0.1, -0.05) is 43.2 Å². The number of nitrogens with one attached hydrogen (secondary N) is 1. The maximum absolute atomic E-state index is 13.4. The number of piperidine rings is 1. The summed E-state index contributed by atoms with van der Waals surface area (Å²) < 4.78 is 0. The van der Waals surface area contributed by atoms with E-state index in [1.165, 1.54) is 4.90 Å². The van der Waals surface area contributed by atoms with Gasteiger partial charge >= 0.3 is 0 Å². The molecule has 0 spiro atoms. The van der Waals surface area contributed by atoms with Gasteiger partial charge < -0.3 is 14.9 Å². The molecule has 1 saturated heterocycles. The molecule has 0 radical (unpaired) electrons. The van der Waals surface area contributed by atoms with Gasteiger partial charge in [0.2, 0.25) is 0 Å². The number of amides is 1. The van der Waals surface area contributed by atoms with Crippen LogP contribution in [0.3, 0.4) is 0 Å². The Labute approximate surface area is 145 Å². The normalized spacial score (nSPS) is 22.8. The van der Waals surface area contributed by atoms with Gasteiger partial charge in [0.1, 0.15) is 0 Å². The Morgan fingerprint density at radius 2 is 1.67 bits per heavy atom. The van der Waals surface area contributed by atoms with Crippen LogP contribution in [0.25, 0.3) is 0 Å². The Morgan fingerprint density at radius 1 is 1.08 bits per heavy atom. The van der Waals surface area contributed by atoms with Crippen LogP contribution in [0.5, 0.6) is 0 Å². The lowest BCUT2D eigenvalue weighted by Crippen LogP contribution is -3.10. The molecule has 1 aromatic rings. The third-order valence-corrected chi connectivity index (χ3v) is 6.08. The van der Waals surface area contributed by atoms with Crippen molar-refractivity contribution in [3.05, 3.63) is 35.9 Å². The number of likely N-dealkylation sites (tertiary alicyclic amines) is 1. The molecule has 3 rings (SSSR count). The Balaban J connectivity index is 1.82. The van der Waals surface area contributed by atoms with Crippen molar-refractivity contribution in [2.45, 2.75) is 50.2 Å². The summed E-state index contributed by atoms with van der Waals surface area (Å²) >= 11 is 0. The van der Waals surface area contributed by atoms with Crippen LogP contribution < -0.4 is 4.90 Å². The van der Waals surface area contributed by atoms with Crippen LogP contribution in [0.4, 0.5) is 0 Å². The van der Waals surface area contributed by atoms with Crippen LogP contribution in [0.2, 0.25) is 0 Å². The topological polar surface area (TPSA) is 45.0 Å². The first-order valence-electron chi connectivity index (χ1n) is 9.40. The van der Waals surface area contributed by atoms with Gasteiger partial charge in [-0.3, -0.25) is 4.79 Å². The number of hydrogen-bond donors (Lipinski definition) is 2. The number of carbonyl (C=O) groups excluding carboxylic acids is 1. The quantitative estimate of drug-likeness (QED) is 0.871. The average Bonchev–Trinajstić information content (AvgIpc) is 3.16. The zero-order valence-corrected chi connectivity index (χ0v) is 15.0. The molecule has 132 valence electrons. The Bertz CT molecular complexity index is 546. The molecule has 2 N–H and O–H groups in total. The third kappa shape index (κ3) is 3.22. The van der Waals surface area contributed by atoms with Gasteiger partial charge in [-0.05, 0) is 18.4 Å². The fourth-order valence-corrected chi connectivity index (χ4v) is 4.47. The first-order valence-corrected chi connectivity index (χ1v) is 9.40. The Kier molecular flexibility index (Phi) is 5.26. The van der Waals surface area contributed by atoms with E-state index in [2.05, 4.69) is 14.1 Å². The highest BCUT2D eigenvalue weighted by Crippen LogP contribution is 2.42. The number of nitrogens with zero attached hydrogens (tertiary/aromatic N) is 1. The summed E-state index contributed by atoms with van der Waals surface area (Å²) in [6.45, 7) is 1.52. The highest BCUT2D eigenvalue weighted by molar-refractivity contribution is 5.87. The van der Waals surface area contributed by atoms with Crippen molar-refractivity contribution in [2.24, 2.45) is 5.92 Å². The van der Waals surface area contributed by atoms with E-state index in [1.807, 2.05) is 35.2 Å². The summed E-state index contributed by atoms with van der Waals surface area (Å²) in [5.74, 6) is -0.0302. The van der Waals surface area contributed by atoms with Crippen molar-refractivity contribution in [1.82, 2.24) is 4.90 Å². The second-order valence-corrected chi connectivity index (χ2v) is 7.76. The zero-order valence-electron chi connectivity index (χ0n) is 15.0. The Morgan fingerprint density at radius 3 is 2.21 bits per heavy atom. The zero-order chi connectivity index (χ0) is 17.2. The summed E-state index contributed by atoms with van der Waals surface area (Å²) in [6.07, 6.45) is 6.14. The highest BCUT2D eigenvalue weighted by atomic mass is 16.3. The number of benzene rings is 1. The second kappa shape index (κ2) is 7.24. The lowest BCUT2D eigenvalue weighted by Gasteiger charge is -2.40. The molecule has 1 aromatic carbocycles. The van der Waals surface area contributed by atoms with Gasteiger partial charge in [-0.2, -0.15) is 0 Å². The molecule has 1 aliphatic carbocycles. The molecule has 4 heteroatoms. The minimum atomic E-state index is -1.35. The molecular weight excluding hydrogens is 300 g/mol. The van der Waals surface area contributed by atoms with Crippen molar-refractivity contribution in [1.29, 1.82) is 0 Å². The molecule has 1 atom stereocenters.